The molecule has 0 aliphatic rings. The van der Waals surface area contributed by atoms with Crippen LogP contribution in [0.5, 0.6) is 0 Å². The maximum atomic E-state index is 11.0. The maximum Gasteiger partial charge on any atom is 0.238 e. The normalized spacial score (nSPS) is 11.6. The van der Waals surface area contributed by atoms with E-state index in [-0.39, 0.29) is 10.8 Å². The molecule has 0 saturated carbocycles. The van der Waals surface area contributed by atoms with Gasteiger partial charge in [-0.1, -0.05) is 15.9 Å². The molecule has 6 heteroatoms. The first kappa shape index (κ1) is 11.0. The van der Waals surface area contributed by atoms with Crippen LogP contribution in [0, 0.1) is 0 Å². The second-order valence-electron chi connectivity index (χ2n) is 2.47. The molecule has 0 amide bonds. The molecule has 2 N–H and O–H groups in total. The number of halogens is 2. The van der Waals surface area contributed by atoms with E-state index in [4.69, 9.17) is 16.7 Å². The van der Waals surface area contributed by atoms with Crippen molar-refractivity contribution in [2.45, 2.75) is 10.8 Å². The summed E-state index contributed by atoms with van der Waals surface area (Å²) in [5, 5.41) is 4.96. The van der Waals surface area contributed by atoms with Crippen molar-refractivity contribution < 1.29 is 8.42 Å². The summed E-state index contributed by atoms with van der Waals surface area (Å²) in [6.07, 6.45) is 0. The molecule has 0 heterocycles. The van der Waals surface area contributed by atoms with Crippen LogP contribution in [0.25, 0.3) is 0 Å². The highest BCUT2D eigenvalue weighted by Gasteiger charge is 2.09. The number of primary sulfonamides is 1. The molecule has 0 spiro atoms. The molecule has 13 heavy (non-hydrogen) atoms. The van der Waals surface area contributed by atoms with Crippen molar-refractivity contribution >= 4 is 37.6 Å². The smallest absolute Gasteiger partial charge is 0.225 e. The predicted octanol–water partition coefficient (Wildman–Crippen LogP) is 1.84. The van der Waals surface area contributed by atoms with E-state index >= 15 is 0 Å². The zero-order valence-corrected chi connectivity index (χ0v) is 9.66. The summed E-state index contributed by atoms with van der Waals surface area (Å²) in [7, 11) is -3.65. The van der Waals surface area contributed by atoms with Crippen molar-refractivity contribution in [3.05, 3.63) is 28.2 Å². The summed E-state index contributed by atoms with van der Waals surface area (Å²) in [6.45, 7) is 0. The third-order valence-electron chi connectivity index (χ3n) is 1.41. The zero-order valence-electron chi connectivity index (χ0n) is 6.50. The van der Waals surface area contributed by atoms with Crippen LogP contribution in [-0.2, 0) is 15.9 Å². The molecule has 1 aromatic rings. The zero-order chi connectivity index (χ0) is 10.1. The van der Waals surface area contributed by atoms with E-state index in [1.54, 1.807) is 6.07 Å². The molecule has 3 nitrogen and oxygen atoms in total. The molecular weight excluding hydrogens is 278 g/mol. The molecular formula is C7H7BrClNO2S. The van der Waals surface area contributed by atoms with Crippen molar-refractivity contribution in [2.75, 3.05) is 0 Å². The average molecular weight is 285 g/mol. The minimum atomic E-state index is -3.65. The molecule has 0 bridgehead atoms. The lowest BCUT2D eigenvalue weighted by atomic mass is 10.2. The Hall–Kier alpha value is -0.100. The topological polar surface area (TPSA) is 60.2 Å². The number of benzene rings is 1. The van der Waals surface area contributed by atoms with Crippen molar-refractivity contribution in [3.8, 4) is 0 Å². The van der Waals surface area contributed by atoms with E-state index in [1.807, 2.05) is 0 Å². The van der Waals surface area contributed by atoms with Crippen LogP contribution in [-0.4, -0.2) is 8.42 Å². The lowest BCUT2D eigenvalue weighted by Crippen LogP contribution is -2.12. The molecule has 0 fully saturated rings. The van der Waals surface area contributed by atoms with Gasteiger partial charge >= 0.3 is 0 Å². The Morgan fingerprint density at radius 3 is 2.46 bits per heavy atom. The number of sulfonamides is 1. The van der Waals surface area contributed by atoms with Gasteiger partial charge in [-0.2, -0.15) is 0 Å². The molecule has 0 aliphatic carbocycles. The van der Waals surface area contributed by atoms with Gasteiger partial charge in [0.2, 0.25) is 10.0 Å². The van der Waals surface area contributed by atoms with Crippen LogP contribution < -0.4 is 5.14 Å². The van der Waals surface area contributed by atoms with Gasteiger partial charge in [-0.25, -0.2) is 13.6 Å². The van der Waals surface area contributed by atoms with Crippen LogP contribution in [0.1, 0.15) is 5.56 Å². The number of hydrogen-bond acceptors (Lipinski definition) is 2. The number of alkyl halides is 1. The molecule has 1 aromatic carbocycles. The van der Waals surface area contributed by atoms with E-state index in [1.165, 1.54) is 12.1 Å². The predicted molar refractivity (Wildman–Crippen MR) is 55.1 cm³/mol. The second-order valence-corrected chi connectivity index (χ2v) is 5.22. The summed E-state index contributed by atoms with van der Waals surface area (Å²) < 4.78 is 22.6. The van der Waals surface area contributed by atoms with Gasteiger partial charge in [0.15, 0.2) is 0 Å². The molecule has 0 aliphatic heterocycles. The first-order chi connectivity index (χ1) is 5.93. The highest BCUT2D eigenvalue weighted by molar-refractivity contribution is 9.10. The average Bonchev–Trinajstić information content (AvgIpc) is 2.01. The highest BCUT2D eigenvalue weighted by Crippen LogP contribution is 2.19. The van der Waals surface area contributed by atoms with Gasteiger partial charge in [0.25, 0.3) is 0 Å². The SMILES string of the molecule is NS(=O)(=O)c1cc(Br)cc(CCl)c1. The third-order valence-corrected chi connectivity index (χ3v) is 3.07. The Morgan fingerprint density at radius 1 is 1.38 bits per heavy atom. The monoisotopic (exact) mass is 283 g/mol. The van der Waals surface area contributed by atoms with Crippen LogP contribution in [0.15, 0.2) is 27.6 Å². The molecule has 0 radical (unpaired) electrons. The number of rotatable bonds is 2. The lowest BCUT2D eigenvalue weighted by Gasteiger charge is -2.01. The van der Waals surface area contributed by atoms with Crippen LogP contribution in [0.2, 0.25) is 0 Å². The van der Waals surface area contributed by atoms with Crippen molar-refractivity contribution in [3.63, 3.8) is 0 Å². The molecule has 1 rings (SSSR count). The second kappa shape index (κ2) is 3.96. The van der Waals surface area contributed by atoms with Crippen molar-refractivity contribution in [1.82, 2.24) is 0 Å². The van der Waals surface area contributed by atoms with Crippen molar-refractivity contribution in [2.24, 2.45) is 5.14 Å². The first-order valence-electron chi connectivity index (χ1n) is 3.32. The van der Waals surface area contributed by atoms with E-state index < -0.39 is 10.0 Å². The van der Waals surface area contributed by atoms with Crippen LogP contribution >= 0.6 is 27.5 Å². The van der Waals surface area contributed by atoms with Crippen LogP contribution in [0.4, 0.5) is 0 Å². The molecule has 0 saturated heterocycles. The third kappa shape index (κ3) is 2.95. The quantitative estimate of drug-likeness (QED) is 0.842. The molecule has 0 atom stereocenters. The van der Waals surface area contributed by atoms with Gasteiger partial charge in [-0.05, 0) is 23.8 Å². The highest BCUT2D eigenvalue weighted by atomic mass is 79.9. The van der Waals surface area contributed by atoms with Gasteiger partial charge in [-0.3, -0.25) is 0 Å². The van der Waals surface area contributed by atoms with Crippen LogP contribution in [0.3, 0.4) is 0 Å². The number of hydrogen-bond donors (Lipinski definition) is 1. The Balaban J connectivity index is 3.33. The first-order valence-corrected chi connectivity index (χ1v) is 6.19. The fourth-order valence-electron chi connectivity index (χ4n) is 0.862. The van der Waals surface area contributed by atoms with E-state index in [2.05, 4.69) is 15.9 Å². The Bertz CT molecular complexity index is 419. The maximum absolute atomic E-state index is 11.0. The van der Waals surface area contributed by atoms with E-state index in [9.17, 15) is 8.42 Å². The fourth-order valence-corrected chi connectivity index (χ4v) is 2.32. The molecule has 0 unspecified atom stereocenters. The Kier molecular flexibility index (Phi) is 3.34. The summed E-state index contributed by atoms with van der Waals surface area (Å²) in [4.78, 5) is 0.0672. The summed E-state index contributed by atoms with van der Waals surface area (Å²) in [5.74, 6) is 0.252. The molecule has 0 aromatic heterocycles. The Morgan fingerprint density at radius 2 is 2.00 bits per heavy atom. The van der Waals surface area contributed by atoms with E-state index in [0.29, 0.717) is 10.0 Å². The Labute approximate surface area is 90.1 Å². The standard InChI is InChI=1S/C7H7BrClNO2S/c8-6-1-5(4-9)2-7(3-6)13(10,11)12/h1-3H,4H2,(H2,10,11,12). The van der Waals surface area contributed by atoms with Gasteiger partial charge in [0, 0.05) is 10.4 Å². The lowest BCUT2D eigenvalue weighted by molar-refractivity contribution is 0.597. The molecule has 72 valence electrons. The number of nitrogens with two attached hydrogens (primary N) is 1. The van der Waals surface area contributed by atoms with Gasteiger partial charge in [0.05, 0.1) is 4.90 Å². The van der Waals surface area contributed by atoms with Gasteiger partial charge in [0.1, 0.15) is 0 Å². The minimum Gasteiger partial charge on any atom is -0.225 e. The van der Waals surface area contributed by atoms with E-state index in [0.717, 1.165) is 0 Å². The summed E-state index contributed by atoms with van der Waals surface area (Å²) in [6, 6.07) is 4.63. The minimum absolute atomic E-state index is 0.0672. The van der Waals surface area contributed by atoms with Gasteiger partial charge < -0.3 is 0 Å². The van der Waals surface area contributed by atoms with Crippen molar-refractivity contribution in [1.29, 1.82) is 0 Å². The largest absolute Gasteiger partial charge is 0.238 e. The summed E-state index contributed by atoms with van der Waals surface area (Å²) in [5.41, 5.74) is 0.708. The van der Waals surface area contributed by atoms with Gasteiger partial charge in [-0.15, -0.1) is 11.6 Å². The summed E-state index contributed by atoms with van der Waals surface area (Å²) >= 11 is 8.73. The fraction of sp³-hybridized carbons (Fsp3) is 0.143.